The van der Waals surface area contributed by atoms with Crippen molar-refractivity contribution in [1.29, 1.82) is 0 Å². The summed E-state index contributed by atoms with van der Waals surface area (Å²) < 4.78 is 0. The summed E-state index contributed by atoms with van der Waals surface area (Å²) in [6.45, 7) is 3.00. The highest BCUT2D eigenvalue weighted by Gasteiger charge is 2.28. The number of nitrogens with zero attached hydrogens (tertiary/aromatic N) is 1. The van der Waals surface area contributed by atoms with E-state index in [-0.39, 0.29) is 0 Å². The van der Waals surface area contributed by atoms with Crippen LogP contribution in [0.1, 0.15) is 77.6 Å². The molecular weight excluding hydrogens is 222 g/mol. The van der Waals surface area contributed by atoms with Crippen LogP contribution in [-0.4, -0.2) is 29.3 Å². The number of Topliss-reactive ketones (excluding diaryl/α,β-unsaturated/α-hetero) is 1. The van der Waals surface area contributed by atoms with Crippen molar-refractivity contribution in [3.63, 3.8) is 0 Å². The maximum atomic E-state index is 11.5. The summed E-state index contributed by atoms with van der Waals surface area (Å²) in [4.78, 5) is 14.2. The van der Waals surface area contributed by atoms with Crippen molar-refractivity contribution in [2.24, 2.45) is 0 Å². The Bertz CT molecular complexity index is 256. The molecule has 2 fully saturated rings. The van der Waals surface area contributed by atoms with Crippen LogP contribution in [0.4, 0.5) is 0 Å². The smallest absolute Gasteiger partial charge is 0.131 e. The van der Waals surface area contributed by atoms with Crippen molar-refractivity contribution >= 4 is 5.78 Å². The van der Waals surface area contributed by atoms with Crippen molar-refractivity contribution in [3.8, 4) is 0 Å². The van der Waals surface area contributed by atoms with Crippen LogP contribution in [0.5, 0.6) is 0 Å². The molecule has 1 heterocycles. The SMILES string of the molecule is CC(=O)CC1CCCCCN1C1CCCCCC1. The van der Waals surface area contributed by atoms with Gasteiger partial charge in [0.25, 0.3) is 0 Å². The highest BCUT2D eigenvalue weighted by atomic mass is 16.1. The minimum Gasteiger partial charge on any atom is -0.300 e. The van der Waals surface area contributed by atoms with Crippen LogP contribution in [0.2, 0.25) is 0 Å². The largest absolute Gasteiger partial charge is 0.300 e. The summed E-state index contributed by atoms with van der Waals surface area (Å²) in [7, 11) is 0. The molecule has 0 aromatic heterocycles. The first kappa shape index (κ1) is 14.0. The second-order valence-corrected chi connectivity index (χ2v) is 6.29. The zero-order valence-corrected chi connectivity index (χ0v) is 12.0. The normalized spacial score (nSPS) is 28.6. The fourth-order valence-corrected chi connectivity index (χ4v) is 3.82. The molecule has 104 valence electrons. The Morgan fingerprint density at radius 3 is 2.22 bits per heavy atom. The van der Waals surface area contributed by atoms with Crippen LogP contribution >= 0.6 is 0 Å². The summed E-state index contributed by atoms with van der Waals surface area (Å²) in [6, 6.07) is 1.32. The maximum Gasteiger partial charge on any atom is 0.131 e. The molecule has 0 amide bonds. The third kappa shape index (κ3) is 4.08. The Kier molecular flexibility index (Phi) is 5.68. The second-order valence-electron chi connectivity index (χ2n) is 6.29. The van der Waals surface area contributed by atoms with Crippen LogP contribution in [0.15, 0.2) is 0 Å². The van der Waals surface area contributed by atoms with Gasteiger partial charge in [-0.1, -0.05) is 38.5 Å². The zero-order chi connectivity index (χ0) is 12.8. The summed E-state index contributed by atoms with van der Waals surface area (Å²) >= 11 is 0. The molecule has 2 nitrogen and oxygen atoms in total. The minimum absolute atomic E-state index is 0.375. The quantitative estimate of drug-likeness (QED) is 0.708. The molecule has 1 unspecified atom stereocenters. The first-order valence-electron chi connectivity index (χ1n) is 8.02. The molecule has 2 heteroatoms. The van der Waals surface area contributed by atoms with E-state index in [1.807, 2.05) is 0 Å². The van der Waals surface area contributed by atoms with E-state index >= 15 is 0 Å². The van der Waals surface area contributed by atoms with Crippen LogP contribution in [0.25, 0.3) is 0 Å². The molecule has 1 atom stereocenters. The summed E-state index contributed by atoms with van der Waals surface area (Å²) in [5.41, 5.74) is 0. The number of hydrogen-bond acceptors (Lipinski definition) is 2. The van der Waals surface area contributed by atoms with Crippen LogP contribution in [0.3, 0.4) is 0 Å². The van der Waals surface area contributed by atoms with E-state index in [1.54, 1.807) is 6.92 Å². The topological polar surface area (TPSA) is 20.3 Å². The van der Waals surface area contributed by atoms with E-state index in [0.717, 1.165) is 12.5 Å². The van der Waals surface area contributed by atoms with Gasteiger partial charge in [0.1, 0.15) is 5.78 Å². The van der Waals surface area contributed by atoms with E-state index in [2.05, 4.69) is 4.90 Å². The predicted octanol–water partition coefficient (Wildman–Crippen LogP) is 3.93. The molecule has 2 rings (SSSR count). The van der Waals surface area contributed by atoms with Gasteiger partial charge in [0, 0.05) is 18.5 Å². The lowest BCUT2D eigenvalue weighted by Gasteiger charge is -2.36. The number of carbonyl (C=O) groups excluding carboxylic acids is 1. The fraction of sp³-hybridized carbons (Fsp3) is 0.938. The van der Waals surface area contributed by atoms with Crippen molar-refractivity contribution in [2.75, 3.05) is 6.54 Å². The number of hydrogen-bond donors (Lipinski definition) is 0. The molecule has 1 saturated heterocycles. The van der Waals surface area contributed by atoms with E-state index in [0.29, 0.717) is 11.8 Å². The van der Waals surface area contributed by atoms with Crippen LogP contribution in [0, 0.1) is 0 Å². The lowest BCUT2D eigenvalue weighted by molar-refractivity contribution is -0.118. The molecule has 2 aliphatic rings. The number of likely N-dealkylation sites (tertiary alicyclic amines) is 1. The average molecular weight is 251 g/mol. The lowest BCUT2D eigenvalue weighted by Crippen LogP contribution is -2.43. The van der Waals surface area contributed by atoms with Gasteiger partial charge in [0.2, 0.25) is 0 Å². The highest BCUT2D eigenvalue weighted by molar-refractivity contribution is 5.76. The highest BCUT2D eigenvalue weighted by Crippen LogP contribution is 2.28. The first-order valence-corrected chi connectivity index (χ1v) is 8.02. The van der Waals surface area contributed by atoms with E-state index in [9.17, 15) is 4.79 Å². The molecule has 1 saturated carbocycles. The lowest BCUT2D eigenvalue weighted by atomic mass is 9.99. The van der Waals surface area contributed by atoms with E-state index in [4.69, 9.17) is 0 Å². The Hall–Kier alpha value is -0.370. The second kappa shape index (κ2) is 7.28. The number of carbonyl (C=O) groups is 1. The van der Waals surface area contributed by atoms with Crippen molar-refractivity contribution < 1.29 is 4.79 Å². The summed E-state index contributed by atoms with van der Waals surface area (Å²) in [6.07, 6.45) is 14.4. The van der Waals surface area contributed by atoms with Crippen LogP contribution in [-0.2, 0) is 4.79 Å². The van der Waals surface area contributed by atoms with Gasteiger partial charge in [-0.3, -0.25) is 9.69 Å². The summed E-state index contributed by atoms with van der Waals surface area (Å²) in [5.74, 6) is 0.375. The van der Waals surface area contributed by atoms with Crippen molar-refractivity contribution in [2.45, 2.75) is 89.6 Å². The third-order valence-corrected chi connectivity index (χ3v) is 4.74. The van der Waals surface area contributed by atoms with Gasteiger partial charge in [-0.2, -0.15) is 0 Å². The van der Waals surface area contributed by atoms with Gasteiger partial charge in [0.05, 0.1) is 0 Å². The molecule has 0 spiro atoms. The first-order chi connectivity index (χ1) is 8.77. The maximum absolute atomic E-state index is 11.5. The summed E-state index contributed by atoms with van der Waals surface area (Å²) in [5, 5.41) is 0. The fourth-order valence-electron chi connectivity index (χ4n) is 3.82. The number of rotatable bonds is 3. The minimum atomic E-state index is 0.375. The number of ketones is 1. The van der Waals surface area contributed by atoms with Gasteiger partial charge >= 0.3 is 0 Å². The van der Waals surface area contributed by atoms with Gasteiger partial charge in [-0.25, -0.2) is 0 Å². The molecule has 0 bridgehead atoms. The Labute approximate surface area is 112 Å². The Balaban J connectivity index is 2.00. The van der Waals surface area contributed by atoms with Gasteiger partial charge in [-0.05, 0) is 39.2 Å². The molecule has 18 heavy (non-hydrogen) atoms. The van der Waals surface area contributed by atoms with Gasteiger partial charge < -0.3 is 0 Å². The zero-order valence-electron chi connectivity index (χ0n) is 12.0. The molecule has 0 radical (unpaired) electrons. The van der Waals surface area contributed by atoms with Gasteiger partial charge in [-0.15, -0.1) is 0 Å². The molecule has 1 aliphatic carbocycles. The molecule has 0 N–H and O–H groups in total. The van der Waals surface area contributed by atoms with Gasteiger partial charge in [0.15, 0.2) is 0 Å². The molecular formula is C16H29NO. The average Bonchev–Trinajstić information content (AvgIpc) is 2.70. The Morgan fingerprint density at radius 1 is 0.944 bits per heavy atom. The monoisotopic (exact) mass is 251 g/mol. The van der Waals surface area contributed by atoms with E-state index < -0.39 is 0 Å². The third-order valence-electron chi connectivity index (χ3n) is 4.74. The Morgan fingerprint density at radius 2 is 1.56 bits per heavy atom. The van der Waals surface area contributed by atoms with Crippen molar-refractivity contribution in [3.05, 3.63) is 0 Å². The van der Waals surface area contributed by atoms with Crippen LogP contribution < -0.4 is 0 Å². The van der Waals surface area contributed by atoms with E-state index in [1.165, 1.54) is 70.8 Å². The molecule has 0 aromatic carbocycles. The predicted molar refractivity (Wildman–Crippen MR) is 75.8 cm³/mol. The van der Waals surface area contributed by atoms with Crippen molar-refractivity contribution in [1.82, 2.24) is 4.90 Å². The molecule has 1 aliphatic heterocycles. The molecule has 0 aromatic rings. The standard InChI is InChI=1S/C16H29NO/c1-14(18)13-16-11-7-4-8-12-17(16)15-9-5-2-3-6-10-15/h15-16H,2-13H2,1H3.